The standard InChI is InChI=1S/C18H16BrNO2S/c1-12-8-17(13(2)7-16(12)19)23-11-18(21)22-10-15-5-3-14(9-20)4-6-15/h3-8H,10-11H2,1-2H3. The number of hydrogen-bond acceptors (Lipinski definition) is 4. The average molecular weight is 390 g/mol. The number of carbonyl (C=O) groups is 1. The van der Waals surface area contributed by atoms with Gasteiger partial charge in [-0.15, -0.1) is 11.8 Å². The number of hydrogen-bond donors (Lipinski definition) is 0. The Kier molecular flexibility index (Phi) is 6.26. The smallest absolute Gasteiger partial charge is 0.316 e. The molecule has 0 unspecified atom stereocenters. The minimum Gasteiger partial charge on any atom is -0.460 e. The van der Waals surface area contributed by atoms with Crippen molar-refractivity contribution < 1.29 is 9.53 Å². The molecule has 5 heteroatoms. The maximum atomic E-state index is 11.9. The molecule has 0 aliphatic heterocycles. The van der Waals surface area contributed by atoms with Gasteiger partial charge in [0.2, 0.25) is 0 Å². The van der Waals surface area contributed by atoms with Crippen molar-refractivity contribution in [3.05, 3.63) is 63.1 Å². The van der Waals surface area contributed by atoms with Gasteiger partial charge in [-0.3, -0.25) is 4.79 Å². The predicted molar refractivity (Wildman–Crippen MR) is 95.3 cm³/mol. The van der Waals surface area contributed by atoms with Crippen LogP contribution in [0.2, 0.25) is 0 Å². The lowest BCUT2D eigenvalue weighted by atomic mass is 10.2. The third-order valence-electron chi connectivity index (χ3n) is 3.28. The van der Waals surface area contributed by atoms with Crippen LogP contribution in [-0.2, 0) is 16.1 Å². The van der Waals surface area contributed by atoms with E-state index in [2.05, 4.69) is 34.1 Å². The number of nitrogens with zero attached hydrogens (tertiary/aromatic N) is 1. The first-order valence-corrected chi connectivity index (χ1v) is 8.81. The fourth-order valence-corrected chi connectivity index (χ4v) is 3.29. The van der Waals surface area contributed by atoms with Crippen LogP contribution in [0.4, 0.5) is 0 Å². The maximum absolute atomic E-state index is 11.9. The van der Waals surface area contributed by atoms with Gasteiger partial charge in [0.15, 0.2) is 0 Å². The van der Waals surface area contributed by atoms with Crippen molar-refractivity contribution in [2.24, 2.45) is 0 Å². The average Bonchev–Trinajstić information content (AvgIpc) is 2.55. The number of rotatable bonds is 5. The largest absolute Gasteiger partial charge is 0.460 e. The minimum atomic E-state index is -0.251. The summed E-state index contributed by atoms with van der Waals surface area (Å²) in [5, 5.41) is 8.74. The van der Waals surface area contributed by atoms with E-state index in [4.69, 9.17) is 10.00 Å². The number of ether oxygens (including phenoxy) is 1. The molecule has 0 aliphatic carbocycles. The Bertz CT molecular complexity index is 751. The molecule has 0 bridgehead atoms. The van der Waals surface area contributed by atoms with E-state index in [-0.39, 0.29) is 18.3 Å². The van der Waals surface area contributed by atoms with E-state index in [1.165, 1.54) is 11.8 Å². The number of benzene rings is 2. The van der Waals surface area contributed by atoms with Crippen LogP contribution in [-0.4, -0.2) is 11.7 Å². The highest BCUT2D eigenvalue weighted by atomic mass is 79.9. The fourth-order valence-electron chi connectivity index (χ4n) is 1.93. The summed E-state index contributed by atoms with van der Waals surface area (Å²) in [6, 6.07) is 13.2. The van der Waals surface area contributed by atoms with Gasteiger partial charge in [0.1, 0.15) is 6.61 Å². The van der Waals surface area contributed by atoms with Crippen molar-refractivity contribution in [2.75, 3.05) is 5.75 Å². The van der Waals surface area contributed by atoms with Crippen molar-refractivity contribution >= 4 is 33.7 Å². The molecule has 0 aliphatic rings. The first-order chi connectivity index (χ1) is 11.0. The summed E-state index contributed by atoms with van der Waals surface area (Å²) >= 11 is 4.98. The molecule has 0 radical (unpaired) electrons. The monoisotopic (exact) mass is 389 g/mol. The highest BCUT2D eigenvalue weighted by molar-refractivity contribution is 9.10. The quantitative estimate of drug-likeness (QED) is 0.545. The molecule has 0 saturated heterocycles. The van der Waals surface area contributed by atoms with Gasteiger partial charge in [0.25, 0.3) is 0 Å². The number of thioether (sulfide) groups is 1. The number of carbonyl (C=O) groups excluding carboxylic acids is 1. The Morgan fingerprint density at radius 3 is 2.57 bits per heavy atom. The summed E-state index contributed by atoms with van der Waals surface area (Å²) in [6.45, 7) is 4.27. The van der Waals surface area contributed by atoms with Gasteiger partial charge in [-0.2, -0.15) is 5.26 Å². The fraction of sp³-hybridized carbons (Fsp3) is 0.222. The van der Waals surface area contributed by atoms with E-state index >= 15 is 0 Å². The molecule has 0 amide bonds. The van der Waals surface area contributed by atoms with Gasteiger partial charge in [-0.25, -0.2) is 0 Å². The molecule has 0 fully saturated rings. The molecule has 0 saturated carbocycles. The minimum absolute atomic E-state index is 0.226. The second kappa shape index (κ2) is 8.19. The Balaban J connectivity index is 1.85. The summed E-state index contributed by atoms with van der Waals surface area (Å²) in [6.07, 6.45) is 0. The molecule has 2 aromatic rings. The van der Waals surface area contributed by atoms with Crippen LogP contribution in [0, 0.1) is 25.2 Å². The van der Waals surface area contributed by atoms with Gasteiger partial charge in [-0.05, 0) is 54.8 Å². The lowest BCUT2D eigenvalue weighted by Crippen LogP contribution is -2.07. The second-order valence-electron chi connectivity index (χ2n) is 5.12. The molecule has 0 heterocycles. The van der Waals surface area contributed by atoms with Gasteiger partial charge < -0.3 is 4.74 Å². The molecule has 0 atom stereocenters. The Morgan fingerprint density at radius 2 is 1.91 bits per heavy atom. The van der Waals surface area contributed by atoms with Gasteiger partial charge in [0.05, 0.1) is 17.4 Å². The zero-order chi connectivity index (χ0) is 16.8. The van der Waals surface area contributed by atoms with Gasteiger partial charge >= 0.3 is 5.97 Å². The summed E-state index contributed by atoms with van der Waals surface area (Å²) in [5.74, 6) is 0.0254. The Hall–Kier alpha value is -1.77. The SMILES string of the molecule is Cc1cc(SCC(=O)OCc2ccc(C#N)cc2)c(C)cc1Br. The van der Waals surface area contributed by atoms with E-state index in [0.717, 1.165) is 26.1 Å². The van der Waals surface area contributed by atoms with Crippen molar-refractivity contribution in [3.8, 4) is 6.07 Å². The topological polar surface area (TPSA) is 50.1 Å². The lowest BCUT2D eigenvalue weighted by molar-refractivity contribution is -0.141. The van der Waals surface area contributed by atoms with Crippen LogP contribution in [0.5, 0.6) is 0 Å². The molecule has 2 aromatic carbocycles. The molecule has 0 N–H and O–H groups in total. The van der Waals surface area contributed by atoms with E-state index < -0.39 is 0 Å². The summed E-state index contributed by atoms with van der Waals surface area (Å²) in [4.78, 5) is 13.0. The summed E-state index contributed by atoms with van der Waals surface area (Å²) in [5.41, 5.74) is 3.74. The molecule has 23 heavy (non-hydrogen) atoms. The number of aryl methyl sites for hydroxylation is 2. The van der Waals surface area contributed by atoms with Crippen molar-refractivity contribution in [3.63, 3.8) is 0 Å². The van der Waals surface area contributed by atoms with Crippen LogP contribution in [0.1, 0.15) is 22.3 Å². The van der Waals surface area contributed by atoms with Crippen LogP contribution >= 0.6 is 27.7 Å². The van der Waals surface area contributed by atoms with Crippen molar-refractivity contribution in [1.29, 1.82) is 5.26 Å². The first-order valence-electron chi connectivity index (χ1n) is 7.04. The molecular formula is C18H16BrNO2S. The lowest BCUT2D eigenvalue weighted by Gasteiger charge is -2.09. The Morgan fingerprint density at radius 1 is 1.22 bits per heavy atom. The number of halogens is 1. The number of nitriles is 1. The third kappa shape index (κ3) is 5.12. The van der Waals surface area contributed by atoms with Crippen molar-refractivity contribution in [2.45, 2.75) is 25.3 Å². The summed E-state index contributed by atoms with van der Waals surface area (Å²) in [7, 11) is 0. The third-order valence-corrected chi connectivity index (χ3v) is 5.27. The molecule has 3 nitrogen and oxygen atoms in total. The second-order valence-corrected chi connectivity index (χ2v) is 7.00. The van der Waals surface area contributed by atoms with E-state index in [1.807, 2.05) is 13.8 Å². The molecule has 118 valence electrons. The van der Waals surface area contributed by atoms with E-state index in [9.17, 15) is 4.79 Å². The zero-order valence-electron chi connectivity index (χ0n) is 12.9. The normalized spacial score (nSPS) is 10.2. The van der Waals surface area contributed by atoms with Gasteiger partial charge in [-0.1, -0.05) is 28.1 Å². The molecule has 2 rings (SSSR count). The molecule has 0 aromatic heterocycles. The molecule has 0 spiro atoms. The Labute approximate surface area is 148 Å². The highest BCUT2D eigenvalue weighted by Gasteiger charge is 2.08. The highest BCUT2D eigenvalue weighted by Crippen LogP contribution is 2.28. The predicted octanol–water partition coefficient (Wildman–Crippen LogP) is 4.77. The van der Waals surface area contributed by atoms with E-state index in [1.54, 1.807) is 24.3 Å². The van der Waals surface area contributed by atoms with Crippen molar-refractivity contribution in [1.82, 2.24) is 0 Å². The number of esters is 1. The summed E-state index contributed by atoms with van der Waals surface area (Å²) < 4.78 is 6.34. The first kappa shape index (κ1) is 17.6. The van der Waals surface area contributed by atoms with Crippen LogP contribution in [0.25, 0.3) is 0 Å². The molecular weight excluding hydrogens is 374 g/mol. The van der Waals surface area contributed by atoms with Gasteiger partial charge in [0, 0.05) is 9.37 Å². The maximum Gasteiger partial charge on any atom is 0.316 e. The van der Waals surface area contributed by atoms with Crippen LogP contribution < -0.4 is 0 Å². The van der Waals surface area contributed by atoms with Crippen LogP contribution in [0.3, 0.4) is 0 Å². The van der Waals surface area contributed by atoms with E-state index in [0.29, 0.717) is 5.56 Å². The van der Waals surface area contributed by atoms with Crippen LogP contribution in [0.15, 0.2) is 45.8 Å². The zero-order valence-corrected chi connectivity index (χ0v) is 15.3.